The van der Waals surface area contributed by atoms with Gasteiger partial charge in [0.25, 0.3) is 0 Å². The molecule has 158 valence electrons. The third-order valence-corrected chi connectivity index (χ3v) is 4.29. The van der Waals surface area contributed by atoms with Crippen LogP contribution in [0, 0.1) is 0 Å². The van der Waals surface area contributed by atoms with Gasteiger partial charge in [-0.2, -0.15) is 0 Å². The molecule has 1 aromatic carbocycles. The summed E-state index contributed by atoms with van der Waals surface area (Å²) in [6.45, 7) is 2.43. The van der Waals surface area contributed by atoms with Gasteiger partial charge in [-0.05, 0) is 24.6 Å². The van der Waals surface area contributed by atoms with Crippen molar-refractivity contribution in [1.82, 2.24) is 0 Å². The standard InChI is InChI=1S/C19H28O9/c1-4-26-7-5-6-11-8-12(24-2)18(13(9-11)25-3)28-19-17(23)16(22)15(21)14(10-20)27-19/h5-6,8-9,14-17,19-23H,4,7,10H2,1-3H3/b6-5+/t14-,15-,16+,17-,19+/m1/s1. The van der Waals surface area contributed by atoms with Crippen LogP contribution in [-0.4, -0.2) is 85.2 Å². The smallest absolute Gasteiger partial charge is 0.229 e. The van der Waals surface area contributed by atoms with E-state index < -0.39 is 37.3 Å². The highest BCUT2D eigenvalue weighted by atomic mass is 16.7. The minimum atomic E-state index is -1.55. The highest BCUT2D eigenvalue weighted by Crippen LogP contribution is 2.40. The molecule has 1 aliphatic rings. The highest BCUT2D eigenvalue weighted by Gasteiger charge is 2.45. The van der Waals surface area contributed by atoms with Crippen molar-refractivity contribution < 1.29 is 44.1 Å². The summed E-state index contributed by atoms with van der Waals surface area (Å²) >= 11 is 0. The third-order valence-electron chi connectivity index (χ3n) is 4.29. The molecule has 2 rings (SSSR count). The van der Waals surface area contributed by atoms with Crippen molar-refractivity contribution in [2.24, 2.45) is 0 Å². The van der Waals surface area contributed by atoms with E-state index >= 15 is 0 Å². The predicted molar refractivity (Wildman–Crippen MR) is 99.5 cm³/mol. The van der Waals surface area contributed by atoms with Gasteiger partial charge >= 0.3 is 0 Å². The van der Waals surface area contributed by atoms with E-state index in [4.69, 9.17) is 23.7 Å². The van der Waals surface area contributed by atoms with Crippen molar-refractivity contribution in [1.29, 1.82) is 0 Å². The lowest BCUT2D eigenvalue weighted by atomic mass is 9.99. The molecule has 0 saturated carbocycles. The van der Waals surface area contributed by atoms with Gasteiger partial charge in [-0.15, -0.1) is 0 Å². The number of benzene rings is 1. The second kappa shape index (κ2) is 10.6. The van der Waals surface area contributed by atoms with Crippen molar-refractivity contribution >= 4 is 6.08 Å². The van der Waals surface area contributed by atoms with Crippen LogP contribution in [0.2, 0.25) is 0 Å². The summed E-state index contributed by atoms with van der Waals surface area (Å²) in [4.78, 5) is 0. The quantitative estimate of drug-likeness (QED) is 0.421. The second-order valence-electron chi connectivity index (χ2n) is 6.13. The monoisotopic (exact) mass is 400 g/mol. The first-order valence-corrected chi connectivity index (χ1v) is 8.94. The first-order valence-electron chi connectivity index (χ1n) is 8.94. The van der Waals surface area contributed by atoms with Crippen LogP contribution in [0.4, 0.5) is 0 Å². The number of hydrogen-bond donors (Lipinski definition) is 4. The molecule has 4 N–H and O–H groups in total. The van der Waals surface area contributed by atoms with Gasteiger partial charge in [0.15, 0.2) is 11.5 Å². The minimum Gasteiger partial charge on any atom is -0.493 e. The van der Waals surface area contributed by atoms with Gasteiger partial charge in [0.05, 0.1) is 27.4 Å². The fraction of sp³-hybridized carbons (Fsp3) is 0.579. The molecule has 9 heteroatoms. The Morgan fingerprint density at radius 1 is 1.04 bits per heavy atom. The van der Waals surface area contributed by atoms with E-state index in [9.17, 15) is 20.4 Å². The molecule has 0 aliphatic carbocycles. The topological polar surface area (TPSA) is 127 Å². The maximum absolute atomic E-state index is 10.2. The number of hydrogen-bond acceptors (Lipinski definition) is 9. The van der Waals surface area contributed by atoms with Gasteiger partial charge in [0.1, 0.15) is 24.4 Å². The molecule has 5 atom stereocenters. The zero-order valence-corrected chi connectivity index (χ0v) is 16.1. The van der Waals surface area contributed by atoms with Gasteiger partial charge in [-0.1, -0.05) is 12.2 Å². The summed E-state index contributed by atoms with van der Waals surface area (Å²) < 4.78 is 27.1. The molecule has 1 heterocycles. The lowest BCUT2D eigenvalue weighted by Crippen LogP contribution is -2.60. The van der Waals surface area contributed by atoms with Crippen LogP contribution in [0.5, 0.6) is 17.2 Å². The number of ether oxygens (including phenoxy) is 5. The van der Waals surface area contributed by atoms with Gasteiger partial charge in [-0.3, -0.25) is 0 Å². The van der Waals surface area contributed by atoms with Gasteiger partial charge < -0.3 is 44.1 Å². The Labute approximate surface area is 163 Å². The fourth-order valence-electron chi connectivity index (χ4n) is 2.76. The molecule has 1 aliphatic heterocycles. The molecule has 0 unspecified atom stereocenters. The zero-order valence-electron chi connectivity index (χ0n) is 16.1. The molecule has 0 amide bonds. The summed E-state index contributed by atoms with van der Waals surface area (Å²) in [6, 6.07) is 3.40. The predicted octanol–water partition coefficient (Wildman–Crippen LogP) is -0.0678. The highest BCUT2D eigenvalue weighted by molar-refractivity contribution is 5.62. The van der Waals surface area contributed by atoms with Gasteiger partial charge in [-0.25, -0.2) is 0 Å². The lowest BCUT2D eigenvalue weighted by Gasteiger charge is -2.39. The molecular weight excluding hydrogens is 372 g/mol. The average Bonchev–Trinajstić information content (AvgIpc) is 2.71. The first kappa shape index (κ1) is 22.4. The van der Waals surface area contributed by atoms with E-state index in [0.29, 0.717) is 24.7 Å². The molecule has 1 fully saturated rings. The Hall–Kier alpha value is -1.88. The SMILES string of the molecule is CCOC/C=C/c1cc(OC)c(O[C@@H]2O[C@H](CO)[C@@H](O)[C@H](O)[C@H]2O)c(OC)c1. The van der Waals surface area contributed by atoms with E-state index in [0.717, 1.165) is 5.56 Å². The van der Waals surface area contributed by atoms with Crippen LogP contribution in [0.15, 0.2) is 18.2 Å². The Kier molecular flexibility index (Phi) is 8.49. The zero-order chi connectivity index (χ0) is 20.7. The maximum atomic E-state index is 10.2. The number of methoxy groups -OCH3 is 2. The van der Waals surface area contributed by atoms with Crippen molar-refractivity contribution in [3.05, 3.63) is 23.8 Å². The first-order chi connectivity index (χ1) is 13.5. The normalized spacial score (nSPS) is 27.8. The van der Waals surface area contributed by atoms with E-state index in [-0.39, 0.29) is 5.75 Å². The van der Waals surface area contributed by atoms with E-state index in [2.05, 4.69) is 0 Å². The van der Waals surface area contributed by atoms with Crippen molar-refractivity contribution in [2.45, 2.75) is 37.6 Å². The summed E-state index contributed by atoms with van der Waals surface area (Å²) in [5.41, 5.74) is 0.773. The largest absolute Gasteiger partial charge is 0.493 e. The van der Waals surface area contributed by atoms with Crippen LogP contribution >= 0.6 is 0 Å². The molecule has 1 saturated heterocycles. The molecule has 0 bridgehead atoms. The van der Waals surface area contributed by atoms with Crippen molar-refractivity contribution in [2.75, 3.05) is 34.0 Å². The van der Waals surface area contributed by atoms with Crippen molar-refractivity contribution in [3.63, 3.8) is 0 Å². The van der Waals surface area contributed by atoms with Gasteiger partial charge in [0.2, 0.25) is 12.0 Å². The molecule has 28 heavy (non-hydrogen) atoms. The van der Waals surface area contributed by atoms with Crippen LogP contribution in [-0.2, 0) is 9.47 Å². The molecule has 1 aromatic rings. The Morgan fingerprint density at radius 3 is 2.21 bits per heavy atom. The number of aliphatic hydroxyl groups is 4. The average molecular weight is 400 g/mol. The van der Waals surface area contributed by atoms with Crippen LogP contribution in [0.1, 0.15) is 12.5 Å². The third kappa shape index (κ3) is 5.13. The molecular formula is C19H28O9. The van der Waals surface area contributed by atoms with Crippen molar-refractivity contribution in [3.8, 4) is 17.2 Å². The van der Waals surface area contributed by atoms with Crippen LogP contribution in [0.3, 0.4) is 0 Å². The summed E-state index contributed by atoms with van der Waals surface area (Å²) in [7, 11) is 2.89. The Bertz CT molecular complexity index is 621. The Morgan fingerprint density at radius 2 is 1.68 bits per heavy atom. The summed E-state index contributed by atoms with van der Waals surface area (Å²) in [5, 5.41) is 39.3. The maximum Gasteiger partial charge on any atom is 0.229 e. The number of rotatable bonds is 9. The molecule has 9 nitrogen and oxygen atoms in total. The number of aliphatic hydroxyl groups excluding tert-OH is 4. The van der Waals surface area contributed by atoms with Crippen LogP contribution in [0.25, 0.3) is 6.08 Å². The lowest BCUT2D eigenvalue weighted by molar-refractivity contribution is -0.277. The fourth-order valence-corrected chi connectivity index (χ4v) is 2.76. The Balaban J connectivity index is 2.27. The molecule has 0 radical (unpaired) electrons. The van der Waals surface area contributed by atoms with E-state index in [1.165, 1.54) is 14.2 Å². The minimum absolute atomic E-state index is 0.149. The second-order valence-corrected chi connectivity index (χ2v) is 6.13. The van der Waals surface area contributed by atoms with E-state index in [1.807, 2.05) is 19.1 Å². The van der Waals surface area contributed by atoms with Crippen LogP contribution < -0.4 is 14.2 Å². The summed E-state index contributed by atoms with van der Waals surface area (Å²) in [5.74, 6) is 0.774. The summed E-state index contributed by atoms with van der Waals surface area (Å²) in [6.07, 6.45) is -3.32. The van der Waals surface area contributed by atoms with Gasteiger partial charge in [0, 0.05) is 6.61 Å². The molecule has 0 aromatic heterocycles. The molecule has 0 spiro atoms. The van der Waals surface area contributed by atoms with E-state index in [1.54, 1.807) is 12.1 Å².